The van der Waals surface area contributed by atoms with Crippen molar-refractivity contribution >= 4 is 11.3 Å². The van der Waals surface area contributed by atoms with Crippen LogP contribution in [0.2, 0.25) is 0 Å². The van der Waals surface area contributed by atoms with Crippen LogP contribution in [0.1, 0.15) is 36.9 Å². The lowest BCUT2D eigenvalue weighted by atomic mass is 10.0. The fourth-order valence-electron chi connectivity index (χ4n) is 1.99. The summed E-state index contributed by atoms with van der Waals surface area (Å²) in [7, 11) is 0. The molecule has 1 heterocycles. The highest BCUT2D eigenvalue weighted by Gasteiger charge is 2.09. The van der Waals surface area contributed by atoms with Crippen LogP contribution in [-0.4, -0.2) is 0 Å². The molecule has 1 N–H and O–H groups in total. The van der Waals surface area contributed by atoms with Gasteiger partial charge in [0.15, 0.2) is 0 Å². The van der Waals surface area contributed by atoms with Crippen LogP contribution in [0.3, 0.4) is 0 Å². The zero-order valence-electron chi connectivity index (χ0n) is 10.2. The van der Waals surface area contributed by atoms with Crippen molar-refractivity contribution in [3.8, 4) is 0 Å². The molecule has 0 radical (unpaired) electrons. The monoisotopic (exact) mass is 245 g/mol. The average Bonchev–Trinajstić information content (AvgIpc) is 2.88. The van der Waals surface area contributed by atoms with Crippen LogP contribution in [0.15, 0.2) is 47.2 Å². The highest BCUT2D eigenvalue weighted by atomic mass is 32.1. The fourth-order valence-corrected chi connectivity index (χ4v) is 2.66. The summed E-state index contributed by atoms with van der Waals surface area (Å²) >= 11 is 1.76. The van der Waals surface area contributed by atoms with Gasteiger partial charge in [-0.15, -0.1) is 0 Å². The van der Waals surface area contributed by atoms with Gasteiger partial charge in [-0.1, -0.05) is 43.7 Å². The molecule has 1 unspecified atom stereocenters. The van der Waals surface area contributed by atoms with E-state index < -0.39 is 0 Å². The van der Waals surface area contributed by atoms with Crippen LogP contribution in [0, 0.1) is 0 Å². The Balaban J connectivity index is 1.98. The van der Waals surface area contributed by atoms with Gasteiger partial charge < -0.3 is 5.32 Å². The molecule has 2 heteroatoms. The number of hydrogen-bond donors (Lipinski definition) is 1. The van der Waals surface area contributed by atoms with E-state index in [9.17, 15) is 0 Å². The van der Waals surface area contributed by atoms with Gasteiger partial charge in [-0.05, 0) is 34.4 Å². The molecule has 1 nitrogen and oxygen atoms in total. The average molecular weight is 245 g/mol. The molecule has 1 atom stereocenters. The van der Waals surface area contributed by atoms with Crippen molar-refractivity contribution in [2.24, 2.45) is 0 Å². The van der Waals surface area contributed by atoms with Crippen molar-refractivity contribution in [1.29, 1.82) is 0 Å². The standard InChI is InChI=1S/C15H19NS/c1-2-6-15(14-7-4-3-5-8-14)16-11-13-9-10-17-12-13/h3-5,7-10,12,15-16H,2,6,11H2,1H3. The van der Waals surface area contributed by atoms with Crippen LogP contribution in [0.25, 0.3) is 0 Å². The third-order valence-corrected chi connectivity index (χ3v) is 3.64. The number of nitrogens with one attached hydrogen (secondary N) is 1. The Morgan fingerprint density at radius 1 is 1.18 bits per heavy atom. The van der Waals surface area contributed by atoms with Gasteiger partial charge in [-0.25, -0.2) is 0 Å². The van der Waals surface area contributed by atoms with Gasteiger partial charge in [0.2, 0.25) is 0 Å². The van der Waals surface area contributed by atoms with Gasteiger partial charge in [0.05, 0.1) is 0 Å². The van der Waals surface area contributed by atoms with Crippen LogP contribution in [0.4, 0.5) is 0 Å². The Kier molecular flexibility index (Phi) is 4.77. The first kappa shape index (κ1) is 12.3. The minimum Gasteiger partial charge on any atom is -0.306 e. The van der Waals surface area contributed by atoms with E-state index in [-0.39, 0.29) is 0 Å². The number of thiophene rings is 1. The van der Waals surface area contributed by atoms with Gasteiger partial charge in [0, 0.05) is 12.6 Å². The first-order chi connectivity index (χ1) is 8.40. The minimum atomic E-state index is 0.473. The van der Waals surface area contributed by atoms with Crippen molar-refractivity contribution in [2.75, 3.05) is 0 Å². The van der Waals surface area contributed by atoms with Gasteiger partial charge in [0.1, 0.15) is 0 Å². The summed E-state index contributed by atoms with van der Waals surface area (Å²) in [5.41, 5.74) is 2.77. The lowest BCUT2D eigenvalue weighted by molar-refractivity contribution is 0.494. The number of benzene rings is 1. The second-order valence-corrected chi connectivity index (χ2v) is 5.04. The quantitative estimate of drug-likeness (QED) is 0.796. The molecule has 0 saturated carbocycles. The molecule has 0 aliphatic carbocycles. The Morgan fingerprint density at radius 2 is 2.00 bits per heavy atom. The zero-order valence-corrected chi connectivity index (χ0v) is 11.0. The molecule has 0 aliphatic heterocycles. The third kappa shape index (κ3) is 3.69. The normalized spacial score (nSPS) is 12.5. The SMILES string of the molecule is CCCC(NCc1ccsc1)c1ccccc1. The second kappa shape index (κ2) is 6.58. The highest BCUT2D eigenvalue weighted by molar-refractivity contribution is 7.07. The predicted molar refractivity (Wildman–Crippen MR) is 75.2 cm³/mol. The first-order valence-electron chi connectivity index (χ1n) is 6.19. The van der Waals surface area contributed by atoms with Crippen molar-refractivity contribution in [3.63, 3.8) is 0 Å². The summed E-state index contributed by atoms with van der Waals surface area (Å²) in [5.74, 6) is 0. The molecule has 0 bridgehead atoms. The maximum atomic E-state index is 3.65. The summed E-state index contributed by atoms with van der Waals surface area (Å²) in [6.45, 7) is 3.20. The third-order valence-electron chi connectivity index (χ3n) is 2.91. The Labute approximate surface area is 108 Å². The molecular weight excluding hydrogens is 226 g/mol. The summed E-state index contributed by atoms with van der Waals surface area (Å²) in [5, 5.41) is 7.99. The van der Waals surface area contributed by atoms with E-state index in [1.54, 1.807) is 11.3 Å². The second-order valence-electron chi connectivity index (χ2n) is 4.26. The summed E-state index contributed by atoms with van der Waals surface area (Å²) in [4.78, 5) is 0. The smallest absolute Gasteiger partial charge is 0.0323 e. The molecule has 2 rings (SSSR count). The number of hydrogen-bond acceptors (Lipinski definition) is 2. The fraction of sp³-hybridized carbons (Fsp3) is 0.333. The van der Waals surface area contributed by atoms with E-state index in [4.69, 9.17) is 0 Å². The van der Waals surface area contributed by atoms with E-state index in [0.717, 1.165) is 6.54 Å². The largest absolute Gasteiger partial charge is 0.306 e. The zero-order chi connectivity index (χ0) is 11.9. The molecule has 1 aromatic carbocycles. The van der Waals surface area contributed by atoms with Crippen molar-refractivity contribution in [1.82, 2.24) is 5.32 Å². The minimum absolute atomic E-state index is 0.473. The van der Waals surface area contributed by atoms with Crippen LogP contribution in [-0.2, 0) is 6.54 Å². The molecule has 0 amide bonds. The Bertz CT molecular complexity index is 408. The van der Waals surface area contributed by atoms with E-state index >= 15 is 0 Å². The Hall–Kier alpha value is -1.12. The molecular formula is C15H19NS. The topological polar surface area (TPSA) is 12.0 Å². The molecule has 0 saturated heterocycles. The molecule has 90 valence electrons. The predicted octanol–water partition coefficient (Wildman–Crippen LogP) is 4.38. The van der Waals surface area contributed by atoms with Crippen LogP contribution < -0.4 is 5.32 Å². The number of rotatable bonds is 6. The van der Waals surface area contributed by atoms with Crippen molar-refractivity contribution in [2.45, 2.75) is 32.4 Å². The first-order valence-corrected chi connectivity index (χ1v) is 7.14. The molecule has 0 fully saturated rings. The maximum absolute atomic E-state index is 3.65. The van der Waals surface area contributed by atoms with Gasteiger partial charge in [-0.3, -0.25) is 0 Å². The van der Waals surface area contributed by atoms with Crippen molar-refractivity contribution < 1.29 is 0 Å². The Morgan fingerprint density at radius 3 is 2.65 bits per heavy atom. The highest BCUT2D eigenvalue weighted by Crippen LogP contribution is 2.19. The maximum Gasteiger partial charge on any atom is 0.0323 e. The van der Waals surface area contributed by atoms with Crippen molar-refractivity contribution in [3.05, 3.63) is 58.3 Å². The molecule has 2 aromatic rings. The van der Waals surface area contributed by atoms with Crippen LogP contribution >= 0.6 is 11.3 Å². The molecule has 0 aliphatic rings. The van der Waals surface area contributed by atoms with E-state index in [1.807, 2.05) is 0 Å². The van der Waals surface area contributed by atoms with Crippen LogP contribution in [0.5, 0.6) is 0 Å². The van der Waals surface area contributed by atoms with Gasteiger partial charge >= 0.3 is 0 Å². The van der Waals surface area contributed by atoms with Gasteiger partial charge in [-0.2, -0.15) is 11.3 Å². The summed E-state index contributed by atoms with van der Waals surface area (Å²) < 4.78 is 0. The lowest BCUT2D eigenvalue weighted by Gasteiger charge is -2.18. The molecule has 1 aromatic heterocycles. The summed E-state index contributed by atoms with van der Waals surface area (Å²) in [6.07, 6.45) is 2.39. The van der Waals surface area contributed by atoms with E-state index in [2.05, 4.69) is 59.4 Å². The van der Waals surface area contributed by atoms with E-state index in [1.165, 1.54) is 24.0 Å². The molecule has 17 heavy (non-hydrogen) atoms. The summed E-state index contributed by atoms with van der Waals surface area (Å²) in [6, 6.07) is 13.4. The van der Waals surface area contributed by atoms with E-state index in [0.29, 0.717) is 6.04 Å². The van der Waals surface area contributed by atoms with Gasteiger partial charge in [0.25, 0.3) is 0 Å². The lowest BCUT2D eigenvalue weighted by Crippen LogP contribution is -2.20. The molecule has 0 spiro atoms.